The molecule has 1 aliphatic rings. The Morgan fingerprint density at radius 3 is 2.76 bits per heavy atom. The highest BCUT2D eigenvalue weighted by Gasteiger charge is 2.24. The molecule has 2 aromatic rings. The quantitative estimate of drug-likeness (QED) is 0.942. The van der Waals surface area contributed by atoms with Crippen molar-refractivity contribution in [1.82, 2.24) is 20.2 Å². The molecule has 3 heterocycles. The second-order valence-corrected chi connectivity index (χ2v) is 6.50. The molecule has 0 amide bonds. The molecule has 2 aromatic heterocycles. The topological polar surface area (TPSA) is 41.1 Å². The molecular formula is C15H21ClN4S. The van der Waals surface area contributed by atoms with Gasteiger partial charge in [-0.05, 0) is 31.5 Å². The van der Waals surface area contributed by atoms with Crippen molar-refractivity contribution in [3.05, 3.63) is 45.7 Å². The van der Waals surface area contributed by atoms with Gasteiger partial charge in [0.05, 0.1) is 10.7 Å². The van der Waals surface area contributed by atoms with Crippen LogP contribution in [0.1, 0.15) is 27.2 Å². The molecule has 1 N–H and O–H groups in total. The standard InChI is InChI=1S/C15H20N4S.ClH/c1-11-15(20-12(2)18-11)10-19-8-7-17-9-14(19)13-3-5-16-6-4-13;/h3-6,14,17H,7-10H2,1-2H3;1H. The van der Waals surface area contributed by atoms with Gasteiger partial charge in [-0.15, -0.1) is 23.7 Å². The van der Waals surface area contributed by atoms with Crippen molar-refractivity contribution in [2.75, 3.05) is 19.6 Å². The molecule has 6 heteroatoms. The van der Waals surface area contributed by atoms with E-state index in [9.17, 15) is 0 Å². The second kappa shape index (κ2) is 7.31. The Balaban J connectivity index is 0.00000161. The molecule has 1 saturated heterocycles. The van der Waals surface area contributed by atoms with Crippen LogP contribution in [0.2, 0.25) is 0 Å². The van der Waals surface area contributed by atoms with Crippen LogP contribution in [0.25, 0.3) is 0 Å². The van der Waals surface area contributed by atoms with E-state index in [4.69, 9.17) is 0 Å². The SMILES string of the molecule is Cc1nc(C)c(CN2CCNCC2c2ccncc2)s1.Cl. The van der Waals surface area contributed by atoms with Gasteiger partial charge >= 0.3 is 0 Å². The normalized spacial score (nSPS) is 19.2. The van der Waals surface area contributed by atoms with E-state index in [1.807, 2.05) is 23.7 Å². The smallest absolute Gasteiger partial charge is 0.0900 e. The van der Waals surface area contributed by atoms with Crippen LogP contribution in [0, 0.1) is 13.8 Å². The fourth-order valence-corrected chi connectivity index (χ4v) is 3.72. The zero-order valence-corrected chi connectivity index (χ0v) is 14.0. The summed E-state index contributed by atoms with van der Waals surface area (Å²) in [4.78, 5) is 12.6. The Morgan fingerprint density at radius 1 is 1.33 bits per heavy atom. The number of piperazine rings is 1. The third kappa shape index (κ3) is 3.80. The summed E-state index contributed by atoms with van der Waals surface area (Å²) in [6, 6.07) is 4.67. The summed E-state index contributed by atoms with van der Waals surface area (Å²) in [6.07, 6.45) is 3.76. The maximum absolute atomic E-state index is 4.54. The van der Waals surface area contributed by atoms with E-state index < -0.39 is 0 Å². The molecule has 114 valence electrons. The highest BCUT2D eigenvalue weighted by atomic mass is 35.5. The van der Waals surface area contributed by atoms with Crippen LogP contribution in [0.5, 0.6) is 0 Å². The summed E-state index contributed by atoms with van der Waals surface area (Å²) in [5.41, 5.74) is 2.52. The maximum Gasteiger partial charge on any atom is 0.0900 e. The summed E-state index contributed by atoms with van der Waals surface area (Å²) in [5, 5.41) is 4.65. The van der Waals surface area contributed by atoms with E-state index in [1.165, 1.54) is 16.1 Å². The lowest BCUT2D eigenvalue weighted by Crippen LogP contribution is -2.45. The van der Waals surface area contributed by atoms with E-state index in [-0.39, 0.29) is 12.4 Å². The molecule has 0 aromatic carbocycles. The van der Waals surface area contributed by atoms with Crippen molar-refractivity contribution in [3.63, 3.8) is 0 Å². The molecule has 3 rings (SSSR count). The summed E-state index contributed by atoms with van der Waals surface area (Å²) < 4.78 is 0. The number of halogens is 1. The van der Waals surface area contributed by atoms with Gasteiger partial charge in [-0.2, -0.15) is 0 Å². The number of rotatable bonds is 3. The number of hydrogen-bond acceptors (Lipinski definition) is 5. The van der Waals surface area contributed by atoms with Crippen LogP contribution in [-0.4, -0.2) is 34.5 Å². The van der Waals surface area contributed by atoms with Crippen LogP contribution in [0.15, 0.2) is 24.5 Å². The number of thiazole rings is 1. The highest BCUT2D eigenvalue weighted by Crippen LogP contribution is 2.26. The zero-order chi connectivity index (χ0) is 13.9. The van der Waals surface area contributed by atoms with Crippen molar-refractivity contribution in [2.45, 2.75) is 26.4 Å². The molecule has 0 bridgehead atoms. The molecule has 4 nitrogen and oxygen atoms in total. The number of aromatic nitrogens is 2. The predicted molar refractivity (Wildman–Crippen MR) is 89.1 cm³/mol. The Labute approximate surface area is 136 Å². The second-order valence-electron chi connectivity index (χ2n) is 5.21. The fourth-order valence-electron chi connectivity index (χ4n) is 2.75. The van der Waals surface area contributed by atoms with Crippen molar-refractivity contribution in [1.29, 1.82) is 0 Å². The molecule has 1 fully saturated rings. The van der Waals surface area contributed by atoms with Crippen LogP contribution in [-0.2, 0) is 6.54 Å². The summed E-state index contributed by atoms with van der Waals surface area (Å²) in [7, 11) is 0. The molecule has 1 atom stereocenters. The Bertz CT molecular complexity index is 572. The Kier molecular flexibility index (Phi) is 5.70. The average Bonchev–Trinajstić information content (AvgIpc) is 2.78. The van der Waals surface area contributed by atoms with E-state index in [1.54, 1.807) is 0 Å². The Morgan fingerprint density at radius 2 is 2.10 bits per heavy atom. The predicted octanol–water partition coefficient (Wildman–Crippen LogP) is 2.72. The molecule has 0 spiro atoms. The summed E-state index contributed by atoms with van der Waals surface area (Å²) in [6.45, 7) is 8.32. The first kappa shape index (κ1) is 16.4. The maximum atomic E-state index is 4.54. The number of pyridine rings is 1. The third-order valence-electron chi connectivity index (χ3n) is 3.79. The van der Waals surface area contributed by atoms with Gasteiger partial charge in [-0.25, -0.2) is 4.98 Å². The van der Waals surface area contributed by atoms with E-state index in [2.05, 4.69) is 46.2 Å². The molecule has 21 heavy (non-hydrogen) atoms. The number of aryl methyl sites for hydroxylation is 2. The van der Waals surface area contributed by atoms with E-state index in [0.29, 0.717) is 6.04 Å². The molecule has 0 radical (unpaired) electrons. The van der Waals surface area contributed by atoms with Gasteiger partial charge < -0.3 is 5.32 Å². The van der Waals surface area contributed by atoms with Crippen LogP contribution in [0.3, 0.4) is 0 Å². The minimum Gasteiger partial charge on any atom is -0.314 e. The van der Waals surface area contributed by atoms with Crippen LogP contribution < -0.4 is 5.32 Å². The van der Waals surface area contributed by atoms with Gasteiger partial charge in [0.25, 0.3) is 0 Å². The van der Waals surface area contributed by atoms with Gasteiger partial charge in [-0.3, -0.25) is 9.88 Å². The zero-order valence-electron chi connectivity index (χ0n) is 12.4. The number of nitrogens with one attached hydrogen (secondary N) is 1. The first-order valence-electron chi connectivity index (χ1n) is 7.01. The van der Waals surface area contributed by atoms with Gasteiger partial charge in [-0.1, -0.05) is 0 Å². The third-order valence-corrected chi connectivity index (χ3v) is 4.85. The largest absolute Gasteiger partial charge is 0.314 e. The Hall–Kier alpha value is -1.01. The van der Waals surface area contributed by atoms with Gasteiger partial charge in [0.1, 0.15) is 0 Å². The van der Waals surface area contributed by atoms with E-state index >= 15 is 0 Å². The average molecular weight is 325 g/mol. The number of nitrogens with zero attached hydrogens (tertiary/aromatic N) is 3. The van der Waals surface area contributed by atoms with Gasteiger partial charge in [0.2, 0.25) is 0 Å². The lowest BCUT2D eigenvalue weighted by atomic mass is 10.0. The van der Waals surface area contributed by atoms with Crippen LogP contribution >= 0.6 is 23.7 Å². The van der Waals surface area contributed by atoms with E-state index in [0.717, 1.165) is 31.2 Å². The van der Waals surface area contributed by atoms with Crippen molar-refractivity contribution >= 4 is 23.7 Å². The van der Waals surface area contributed by atoms with Gasteiger partial charge in [0, 0.05) is 49.5 Å². The van der Waals surface area contributed by atoms with Gasteiger partial charge in [0.15, 0.2) is 0 Å². The molecule has 1 aliphatic heterocycles. The van der Waals surface area contributed by atoms with Crippen molar-refractivity contribution in [3.8, 4) is 0 Å². The lowest BCUT2D eigenvalue weighted by Gasteiger charge is -2.36. The molecule has 0 aliphatic carbocycles. The molecular weight excluding hydrogens is 304 g/mol. The van der Waals surface area contributed by atoms with Crippen molar-refractivity contribution < 1.29 is 0 Å². The van der Waals surface area contributed by atoms with Crippen LogP contribution in [0.4, 0.5) is 0 Å². The first-order chi connectivity index (χ1) is 9.74. The minimum atomic E-state index is 0. The first-order valence-corrected chi connectivity index (χ1v) is 7.83. The molecule has 0 saturated carbocycles. The minimum absolute atomic E-state index is 0. The summed E-state index contributed by atoms with van der Waals surface area (Å²) >= 11 is 1.82. The fraction of sp³-hybridized carbons (Fsp3) is 0.467. The lowest BCUT2D eigenvalue weighted by molar-refractivity contribution is 0.155. The molecule has 1 unspecified atom stereocenters. The van der Waals surface area contributed by atoms with Crippen molar-refractivity contribution in [2.24, 2.45) is 0 Å². The number of hydrogen-bond donors (Lipinski definition) is 1. The monoisotopic (exact) mass is 324 g/mol. The highest BCUT2D eigenvalue weighted by molar-refractivity contribution is 7.11. The summed E-state index contributed by atoms with van der Waals surface area (Å²) in [5.74, 6) is 0.